The van der Waals surface area contributed by atoms with Crippen LogP contribution >= 0.6 is 0 Å². The first-order valence-electron chi connectivity index (χ1n) is 18.3. The molecule has 1 rings (SSSR count). The number of hydrogen-bond acceptors (Lipinski definition) is 3. The highest BCUT2D eigenvalue weighted by atomic mass is 16.5. The van der Waals surface area contributed by atoms with Gasteiger partial charge < -0.3 is 9.84 Å². The van der Waals surface area contributed by atoms with E-state index in [-0.39, 0.29) is 17.5 Å². The van der Waals surface area contributed by atoms with Crippen molar-refractivity contribution in [2.45, 2.75) is 157 Å². The van der Waals surface area contributed by atoms with Gasteiger partial charge in [-0.05, 0) is 51.5 Å². The normalized spacial score (nSPS) is 18.0. The number of rotatable bonds is 23. The van der Waals surface area contributed by atoms with Gasteiger partial charge in [-0.3, -0.25) is 4.79 Å². The Hall–Kier alpha value is -3.14. The lowest BCUT2D eigenvalue weighted by atomic mass is 9.71. The van der Waals surface area contributed by atoms with E-state index in [1.807, 2.05) is 38.2 Å². The highest BCUT2D eigenvalue weighted by Gasteiger charge is 2.34. The molecule has 0 saturated carbocycles. The molecule has 4 heteroatoms. The van der Waals surface area contributed by atoms with E-state index in [0.29, 0.717) is 6.42 Å². The van der Waals surface area contributed by atoms with E-state index in [0.717, 1.165) is 48.5 Å². The summed E-state index contributed by atoms with van der Waals surface area (Å²) in [5.41, 5.74) is 5.73. The number of carboxylic acid groups (broad SMARTS) is 1. The molecule has 0 heterocycles. The molecular formula is C43H66O4. The Balaban J connectivity index is 2.44. The Bertz CT molecular complexity index is 1180. The molecule has 1 aliphatic carbocycles. The van der Waals surface area contributed by atoms with E-state index in [1.165, 1.54) is 81.8 Å². The maximum atomic E-state index is 12.6. The second-order valence-electron chi connectivity index (χ2n) is 14.1. The van der Waals surface area contributed by atoms with Crippen molar-refractivity contribution in [2.24, 2.45) is 5.41 Å². The molecule has 0 spiro atoms. The first-order chi connectivity index (χ1) is 22.4. The van der Waals surface area contributed by atoms with E-state index in [9.17, 15) is 9.59 Å². The maximum absolute atomic E-state index is 12.6. The van der Waals surface area contributed by atoms with Gasteiger partial charge in [-0.15, -0.1) is 0 Å². The summed E-state index contributed by atoms with van der Waals surface area (Å²) < 4.78 is 5.96. The first-order valence-corrected chi connectivity index (χ1v) is 18.3. The smallest absolute Gasteiger partial charge is 0.328 e. The van der Waals surface area contributed by atoms with E-state index >= 15 is 0 Å². The van der Waals surface area contributed by atoms with Crippen LogP contribution in [0.3, 0.4) is 0 Å². The molecule has 1 atom stereocenters. The molecule has 47 heavy (non-hydrogen) atoms. The lowest BCUT2D eigenvalue weighted by molar-refractivity contribution is -0.150. The zero-order valence-electron chi connectivity index (χ0n) is 30.9. The molecule has 0 bridgehead atoms. The summed E-state index contributed by atoms with van der Waals surface area (Å²) in [6, 6.07) is 0. The molecule has 0 fully saturated rings. The number of hydrogen-bond donors (Lipinski definition) is 1. The third-order valence-corrected chi connectivity index (χ3v) is 8.79. The standard InChI is InChI=1S/C43H66O4/c1-8-9-10-11-12-13-14-15-16-17-18-19-20-28-42(46)47-39-33-38(5)40(43(6,7)34-39)31-29-37(4)27-23-26-35(2)24-21-22-25-36(3)30-32-41(44)45/h21-27,29-32,39H,8-20,28,33-34H2,1-7H3,(H,44,45). The fourth-order valence-corrected chi connectivity index (χ4v) is 6.11. The molecule has 1 aliphatic rings. The molecule has 1 N–H and O–H groups in total. The fraction of sp³-hybridized carbons (Fsp3) is 0.581. The minimum atomic E-state index is -0.947. The van der Waals surface area contributed by atoms with Crippen LogP contribution < -0.4 is 0 Å². The Morgan fingerprint density at radius 2 is 1.21 bits per heavy atom. The van der Waals surface area contributed by atoms with Gasteiger partial charge in [-0.2, -0.15) is 0 Å². The Morgan fingerprint density at radius 3 is 1.74 bits per heavy atom. The number of carboxylic acids is 1. The molecular weight excluding hydrogens is 580 g/mol. The Kier molecular flexibility index (Phi) is 22.2. The van der Waals surface area contributed by atoms with Crippen molar-refractivity contribution >= 4 is 11.9 Å². The van der Waals surface area contributed by atoms with Crippen LogP contribution in [0.1, 0.15) is 151 Å². The molecule has 0 amide bonds. The summed E-state index contributed by atoms with van der Waals surface area (Å²) in [4.78, 5) is 23.2. The van der Waals surface area contributed by atoms with Crippen LogP contribution in [0.15, 0.2) is 94.7 Å². The van der Waals surface area contributed by atoms with Gasteiger partial charge in [0.05, 0.1) is 0 Å². The number of unbranched alkanes of at least 4 members (excludes halogenated alkanes) is 12. The van der Waals surface area contributed by atoms with E-state index < -0.39 is 5.97 Å². The zero-order valence-corrected chi connectivity index (χ0v) is 30.9. The number of carbonyl (C=O) groups is 2. The van der Waals surface area contributed by atoms with Crippen LogP contribution in [-0.2, 0) is 14.3 Å². The highest BCUT2D eigenvalue weighted by molar-refractivity contribution is 5.80. The lowest BCUT2D eigenvalue weighted by Crippen LogP contribution is -2.31. The van der Waals surface area contributed by atoms with Crippen LogP contribution in [0.25, 0.3) is 0 Å². The van der Waals surface area contributed by atoms with Crippen molar-refractivity contribution in [2.75, 3.05) is 0 Å². The predicted molar refractivity (Wildman–Crippen MR) is 201 cm³/mol. The second kappa shape index (κ2) is 25.0. The van der Waals surface area contributed by atoms with Crippen molar-refractivity contribution < 1.29 is 19.4 Å². The Morgan fingerprint density at radius 1 is 0.723 bits per heavy atom. The average Bonchev–Trinajstić information content (AvgIpc) is 2.99. The molecule has 1 unspecified atom stereocenters. The molecule has 262 valence electrons. The summed E-state index contributed by atoms with van der Waals surface area (Å²) in [5.74, 6) is -0.984. The summed E-state index contributed by atoms with van der Waals surface area (Å²) in [5, 5.41) is 8.70. The zero-order chi connectivity index (χ0) is 34.9. The van der Waals surface area contributed by atoms with E-state index in [4.69, 9.17) is 9.84 Å². The largest absolute Gasteiger partial charge is 0.478 e. The van der Waals surface area contributed by atoms with Crippen molar-refractivity contribution in [1.29, 1.82) is 0 Å². The summed E-state index contributed by atoms with van der Waals surface area (Å²) >= 11 is 0. The molecule has 0 aromatic heterocycles. The predicted octanol–water partition coefficient (Wildman–Crippen LogP) is 12.7. The van der Waals surface area contributed by atoms with Crippen molar-refractivity contribution in [3.63, 3.8) is 0 Å². The Labute approximate surface area is 288 Å². The van der Waals surface area contributed by atoms with Crippen LogP contribution in [0.2, 0.25) is 0 Å². The highest BCUT2D eigenvalue weighted by Crippen LogP contribution is 2.42. The lowest BCUT2D eigenvalue weighted by Gasteiger charge is -2.37. The van der Waals surface area contributed by atoms with Gasteiger partial charge in [0.25, 0.3) is 0 Å². The third kappa shape index (κ3) is 21.4. The average molecular weight is 647 g/mol. The molecule has 0 aliphatic heterocycles. The summed E-state index contributed by atoms with van der Waals surface area (Å²) in [6.07, 6.45) is 40.2. The van der Waals surface area contributed by atoms with Gasteiger partial charge in [-0.1, -0.05) is 181 Å². The van der Waals surface area contributed by atoms with Crippen LogP contribution in [0, 0.1) is 5.41 Å². The monoisotopic (exact) mass is 646 g/mol. The molecule has 0 aromatic rings. The maximum Gasteiger partial charge on any atom is 0.328 e. The first kappa shape index (κ1) is 41.9. The molecule has 0 radical (unpaired) electrons. The van der Waals surface area contributed by atoms with E-state index in [2.05, 4.69) is 65.0 Å². The summed E-state index contributed by atoms with van der Waals surface area (Å²) in [6.45, 7) is 15.0. The van der Waals surface area contributed by atoms with Gasteiger partial charge in [0.15, 0.2) is 0 Å². The van der Waals surface area contributed by atoms with Gasteiger partial charge in [0.1, 0.15) is 6.10 Å². The van der Waals surface area contributed by atoms with Gasteiger partial charge >= 0.3 is 11.9 Å². The number of allylic oxidation sites excluding steroid dienone is 14. The van der Waals surface area contributed by atoms with Gasteiger partial charge in [-0.25, -0.2) is 4.79 Å². The SMILES string of the molecule is CCCCCCCCCCCCCCCC(=O)OC1CC(C)=C(C=CC(C)=CC=CC(C)=CC=CC=C(C)C=CC(=O)O)C(C)(C)C1. The second-order valence-corrected chi connectivity index (χ2v) is 14.1. The quantitative estimate of drug-likeness (QED) is 0.0519. The van der Waals surface area contributed by atoms with Gasteiger partial charge in [0.2, 0.25) is 0 Å². The number of aliphatic carboxylic acids is 1. The molecule has 4 nitrogen and oxygen atoms in total. The number of esters is 1. The minimum absolute atomic E-state index is 0.0365. The van der Waals surface area contributed by atoms with Crippen molar-refractivity contribution in [1.82, 2.24) is 0 Å². The van der Waals surface area contributed by atoms with E-state index in [1.54, 1.807) is 6.08 Å². The third-order valence-electron chi connectivity index (χ3n) is 8.79. The molecule has 0 aromatic carbocycles. The van der Waals surface area contributed by atoms with Crippen LogP contribution in [-0.4, -0.2) is 23.1 Å². The van der Waals surface area contributed by atoms with Crippen molar-refractivity contribution in [3.8, 4) is 0 Å². The van der Waals surface area contributed by atoms with Crippen LogP contribution in [0.5, 0.6) is 0 Å². The number of carbonyl (C=O) groups excluding carboxylic acids is 1. The fourth-order valence-electron chi connectivity index (χ4n) is 6.11. The van der Waals surface area contributed by atoms with Crippen molar-refractivity contribution in [3.05, 3.63) is 94.7 Å². The summed E-state index contributed by atoms with van der Waals surface area (Å²) in [7, 11) is 0. The van der Waals surface area contributed by atoms with Crippen LogP contribution in [0.4, 0.5) is 0 Å². The minimum Gasteiger partial charge on any atom is -0.478 e. The molecule has 0 saturated heterocycles. The number of ether oxygens (including phenoxy) is 1. The topological polar surface area (TPSA) is 63.6 Å². The van der Waals surface area contributed by atoms with Gasteiger partial charge in [0, 0.05) is 18.9 Å².